The minimum atomic E-state index is -1.85. The molecule has 13 nitrogen and oxygen atoms in total. The fraction of sp³-hybridized carbons (Fsp3) is 0.545. The van der Waals surface area contributed by atoms with E-state index in [0.717, 1.165) is 33.6 Å². The summed E-state index contributed by atoms with van der Waals surface area (Å²) >= 11 is 0. The van der Waals surface area contributed by atoms with Crippen molar-refractivity contribution in [3.63, 3.8) is 0 Å². The Kier molecular flexibility index (Phi) is 13.2. The standard InChI is InChI=1S/C33H46O13/c1-15(10-11-20-17(3)12-21(43-6)19(5)18(20)4)8-7-9-16(2)24(32(41)42)31-28(39)27(38)30(23(14-35)44-31)46-33-29(40)26(37)25(36)22(13-34)45-33/h7-12,22-23,25-31,33-40H,13-14H2,1-6H3,(H,41,42)/t22-,23-,25-,26+,27-,28-,29-,30-,31?,33-/m1/s1. The third-order valence-corrected chi connectivity index (χ3v) is 8.49. The van der Waals surface area contributed by atoms with E-state index < -0.39 is 80.4 Å². The Morgan fingerprint density at radius 1 is 0.870 bits per heavy atom. The van der Waals surface area contributed by atoms with E-state index in [2.05, 4.69) is 0 Å². The second-order valence-corrected chi connectivity index (χ2v) is 11.6. The zero-order valence-corrected chi connectivity index (χ0v) is 26.8. The SMILES string of the molecule is COc1cc(C)c(C=CC(C)=CC=CC(C)=C(C(=O)O)C2O[C@H](CO)[C@@H](O[C@H]3O[C@H](CO)[C@@H](O)[C@H](O)[C@H]3O)[C@H](O)[C@H]2O)c(C)c1C. The summed E-state index contributed by atoms with van der Waals surface area (Å²) in [5, 5.41) is 81.8. The second kappa shape index (κ2) is 16.2. The van der Waals surface area contributed by atoms with Crippen LogP contribution in [0.2, 0.25) is 0 Å². The maximum atomic E-state index is 12.3. The van der Waals surface area contributed by atoms with Gasteiger partial charge in [-0.05, 0) is 68.5 Å². The van der Waals surface area contributed by atoms with Gasteiger partial charge in [0.15, 0.2) is 6.29 Å². The molecule has 8 N–H and O–H groups in total. The molecule has 2 saturated heterocycles. The number of aryl methyl sites for hydroxylation is 1. The number of aliphatic carboxylic acids is 1. The van der Waals surface area contributed by atoms with Crippen LogP contribution in [0.3, 0.4) is 0 Å². The van der Waals surface area contributed by atoms with Crippen molar-refractivity contribution in [1.29, 1.82) is 0 Å². The van der Waals surface area contributed by atoms with Crippen molar-refractivity contribution in [3.8, 4) is 5.75 Å². The van der Waals surface area contributed by atoms with Crippen molar-refractivity contribution >= 4 is 12.0 Å². The number of benzene rings is 1. The van der Waals surface area contributed by atoms with Gasteiger partial charge in [0.25, 0.3) is 0 Å². The maximum Gasteiger partial charge on any atom is 0.334 e. The van der Waals surface area contributed by atoms with Gasteiger partial charge >= 0.3 is 5.97 Å². The van der Waals surface area contributed by atoms with Crippen molar-refractivity contribution in [2.24, 2.45) is 0 Å². The average molecular weight is 651 g/mol. The quantitative estimate of drug-likeness (QED) is 0.119. The predicted molar refractivity (Wildman–Crippen MR) is 166 cm³/mol. The molecule has 2 aliphatic rings. The fourth-order valence-electron chi connectivity index (χ4n) is 5.58. The van der Waals surface area contributed by atoms with Crippen LogP contribution in [0.15, 0.2) is 47.1 Å². The predicted octanol–water partition coefficient (Wildman–Crippen LogP) is 0.204. The van der Waals surface area contributed by atoms with E-state index in [1.165, 1.54) is 13.0 Å². The fourth-order valence-corrected chi connectivity index (χ4v) is 5.58. The highest BCUT2D eigenvalue weighted by atomic mass is 16.7. The largest absolute Gasteiger partial charge is 0.496 e. The maximum absolute atomic E-state index is 12.3. The molecule has 3 rings (SSSR count). The zero-order valence-electron chi connectivity index (χ0n) is 26.8. The van der Waals surface area contributed by atoms with Gasteiger partial charge in [-0.2, -0.15) is 0 Å². The Morgan fingerprint density at radius 3 is 2.11 bits per heavy atom. The number of hydrogen-bond donors (Lipinski definition) is 8. The molecule has 256 valence electrons. The highest BCUT2D eigenvalue weighted by Crippen LogP contribution is 2.33. The van der Waals surface area contributed by atoms with Crippen molar-refractivity contribution in [2.75, 3.05) is 20.3 Å². The van der Waals surface area contributed by atoms with Crippen LogP contribution in [0.25, 0.3) is 6.08 Å². The molecule has 0 amide bonds. The molecule has 0 spiro atoms. The lowest BCUT2D eigenvalue weighted by Crippen LogP contribution is -2.64. The van der Waals surface area contributed by atoms with Crippen molar-refractivity contribution in [3.05, 3.63) is 69.3 Å². The molecule has 0 saturated carbocycles. The van der Waals surface area contributed by atoms with Crippen molar-refractivity contribution in [1.82, 2.24) is 0 Å². The molecule has 0 aromatic heterocycles. The van der Waals surface area contributed by atoms with Crippen LogP contribution < -0.4 is 4.74 Å². The van der Waals surface area contributed by atoms with E-state index in [-0.39, 0.29) is 11.1 Å². The van der Waals surface area contributed by atoms with E-state index in [9.17, 15) is 45.6 Å². The van der Waals surface area contributed by atoms with E-state index in [0.29, 0.717) is 0 Å². The van der Waals surface area contributed by atoms with E-state index in [1.54, 1.807) is 19.3 Å². The van der Waals surface area contributed by atoms with E-state index in [4.69, 9.17) is 18.9 Å². The van der Waals surface area contributed by atoms with E-state index >= 15 is 0 Å². The average Bonchev–Trinajstić information content (AvgIpc) is 3.02. The summed E-state index contributed by atoms with van der Waals surface area (Å²) in [5.74, 6) is -0.606. The van der Waals surface area contributed by atoms with Crippen LogP contribution in [-0.2, 0) is 19.0 Å². The Morgan fingerprint density at radius 2 is 1.52 bits per heavy atom. The first kappa shape index (κ1) is 37.5. The number of ether oxygens (including phenoxy) is 4. The molecule has 1 aromatic rings. The summed E-state index contributed by atoms with van der Waals surface area (Å²) in [4.78, 5) is 12.3. The summed E-state index contributed by atoms with van der Waals surface area (Å²) in [6.07, 6.45) is -7.63. The molecule has 0 aliphatic carbocycles. The number of allylic oxidation sites excluding steroid dienone is 6. The van der Waals surface area contributed by atoms with Crippen molar-refractivity contribution in [2.45, 2.75) is 95.8 Å². The summed E-state index contributed by atoms with van der Waals surface area (Å²) in [5.41, 5.74) is 4.97. The van der Waals surface area contributed by atoms with Crippen LogP contribution in [0.4, 0.5) is 0 Å². The lowest BCUT2D eigenvalue weighted by molar-refractivity contribution is -0.340. The molecular weight excluding hydrogens is 604 g/mol. The first-order valence-electron chi connectivity index (χ1n) is 14.9. The van der Waals surface area contributed by atoms with Gasteiger partial charge in [-0.1, -0.05) is 36.0 Å². The molecule has 46 heavy (non-hydrogen) atoms. The first-order chi connectivity index (χ1) is 21.7. The molecule has 0 bridgehead atoms. The molecule has 1 aromatic carbocycles. The molecular formula is C33H46O13. The molecule has 2 fully saturated rings. The van der Waals surface area contributed by atoms with Crippen LogP contribution in [-0.4, -0.2) is 128 Å². The number of rotatable bonds is 11. The molecule has 2 aliphatic heterocycles. The molecule has 1 unspecified atom stereocenters. The van der Waals surface area contributed by atoms with Gasteiger partial charge in [0.2, 0.25) is 0 Å². The molecule has 0 radical (unpaired) electrons. The van der Waals surface area contributed by atoms with E-state index in [1.807, 2.05) is 45.9 Å². The number of methoxy groups -OCH3 is 1. The first-order valence-corrected chi connectivity index (χ1v) is 14.9. The highest BCUT2D eigenvalue weighted by molar-refractivity contribution is 5.89. The lowest BCUT2D eigenvalue weighted by Gasteiger charge is -2.46. The van der Waals surface area contributed by atoms with Crippen LogP contribution in [0.5, 0.6) is 5.75 Å². The van der Waals surface area contributed by atoms with Gasteiger partial charge in [0.1, 0.15) is 60.7 Å². The Hall–Kier alpha value is -2.95. The number of carboxylic acid groups (broad SMARTS) is 1. The Labute approximate surface area is 267 Å². The number of carboxylic acids is 1. The summed E-state index contributed by atoms with van der Waals surface area (Å²) in [6, 6.07) is 1.98. The number of aliphatic hydroxyl groups is 7. The Bertz CT molecular complexity index is 1350. The zero-order chi connectivity index (χ0) is 34.5. The third kappa shape index (κ3) is 8.12. The molecule has 13 heteroatoms. The van der Waals surface area contributed by atoms with Gasteiger partial charge < -0.3 is 59.8 Å². The lowest BCUT2D eigenvalue weighted by atomic mass is 9.88. The Balaban J connectivity index is 1.81. The van der Waals surface area contributed by atoms with Gasteiger partial charge in [-0.25, -0.2) is 4.79 Å². The number of hydrogen-bond acceptors (Lipinski definition) is 12. The van der Waals surface area contributed by atoms with Gasteiger partial charge in [-0.3, -0.25) is 0 Å². The van der Waals surface area contributed by atoms with Gasteiger partial charge in [0, 0.05) is 0 Å². The minimum Gasteiger partial charge on any atom is -0.496 e. The normalized spacial score (nSPS) is 33.0. The van der Waals surface area contributed by atoms with Crippen LogP contribution in [0, 0.1) is 20.8 Å². The topological polar surface area (TPSA) is 216 Å². The van der Waals surface area contributed by atoms with Crippen molar-refractivity contribution < 1.29 is 64.6 Å². The minimum absolute atomic E-state index is 0.208. The molecule has 10 atom stereocenters. The van der Waals surface area contributed by atoms with Gasteiger partial charge in [-0.15, -0.1) is 0 Å². The van der Waals surface area contributed by atoms with Crippen LogP contribution in [0.1, 0.15) is 36.1 Å². The smallest absolute Gasteiger partial charge is 0.334 e. The van der Waals surface area contributed by atoms with Gasteiger partial charge in [0.05, 0.1) is 25.9 Å². The summed E-state index contributed by atoms with van der Waals surface area (Å²) < 4.78 is 22.0. The number of aliphatic hydroxyl groups excluding tert-OH is 7. The monoisotopic (exact) mass is 650 g/mol. The summed E-state index contributed by atoms with van der Waals surface area (Å²) in [7, 11) is 1.63. The highest BCUT2D eigenvalue weighted by Gasteiger charge is 2.51. The molecule has 2 heterocycles. The van der Waals surface area contributed by atoms with Crippen LogP contribution >= 0.6 is 0 Å². The summed E-state index contributed by atoms with van der Waals surface area (Å²) in [6.45, 7) is 7.88. The number of carbonyl (C=O) groups is 1. The third-order valence-electron chi connectivity index (χ3n) is 8.49. The second-order valence-electron chi connectivity index (χ2n) is 11.6.